The minimum absolute atomic E-state index is 0.0720. The topological polar surface area (TPSA) is 102 Å². The van der Waals surface area contributed by atoms with Crippen LogP contribution in [0.3, 0.4) is 0 Å². The number of carbonyl (C=O) groups excluding carboxylic acids is 1. The normalized spacial score (nSPS) is 11.2. The van der Waals surface area contributed by atoms with E-state index >= 15 is 0 Å². The molecule has 32 heavy (non-hydrogen) atoms. The Morgan fingerprint density at radius 1 is 1.06 bits per heavy atom. The van der Waals surface area contributed by atoms with Crippen LogP contribution in [0, 0.1) is 5.82 Å². The summed E-state index contributed by atoms with van der Waals surface area (Å²) in [6.07, 6.45) is 4.87. The summed E-state index contributed by atoms with van der Waals surface area (Å²) >= 11 is 0. The van der Waals surface area contributed by atoms with Gasteiger partial charge in [0.15, 0.2) is 11.2 Å². The first-order valence-corrected chi connectivity index (χ1v) is 11.2. The Bertz CT molecular complexity index is 1190. The predicted molar refractivity (Wildman–Crippen MR) is 122 cm³/mol. The number of anilines is 1. The van der Waals surface area contributed by atoms with Gasteiger partial charge in [-0.1, -0.05) is 45.2 Å². The first kappa shape index (κ1) is 23.4. The molecule has 172 valence electrons. The maximum absolute atomic E-state index is 13.8. The van der Waals surface area contributed by atoms with Gasteiger partial charge in [-0.25, -0.2) is 14.2 Å². The standard InChI is InChI=1S/C23H30FN5O3/c1-3-5-9-15-28-18(12-13-19(30)25-17-11-8-7-10-16(17)24)26-21-20(28)22(31)27-23(32)29(21)14-6-4-2/h7-8,10-11H,3-6,9,12-15H2,1-2H3,(H,25,30)(H,27,31,32). The second kappa shape index (κ2) is 10.9. The first-order valence-electron chi connectivity index (χ1n) is 11.2. The zero-order valence-electron chi connectivity index (χ0n) is 18.6. The van der Waals surface area contributed by atoms with Gasteiger partial charge in [0.25, 0.3) is 5.56 Å². The van der Waals surface area contributed by atoms with Crippen LogP contribution in [0.2, 0.25) is 0 Å². The van der Waals surface area contributed by atoms with Crippen molar-refractivity contribution < 1.29 is 9.18 Å². The van der Waals surface area contributed by atoms with E-state index in [-0.39, 0.29) is 24.4 Å². The maximum Gasteiger partial charge on any atom is 0.330 e. The molecule has 8 nitrogen and oxygen atoms in total. The van der Waals surface area contributed by atoms with Crippen LogP contribution in [-0.2, 0) is 24.3 Å². The second-order valence-electron chi connectivity index (χ2n) is 7.85. The molecule has 0 radical (unpaired) electrons. The highest BCUT2D eigenvalue weighted by molar-refractivity contribution is 5.90. The number of para-hydroxylation sites is 1. The van der Waals surface area contributed by atoms with Crippen LogP contribution in [-0.4, -0.2) is 25.0 Å². The molecule has 2 N–H and O–H groups in total. The van der Waals surface area contributed by atoms with Crippen LogP contribution >= 0.6 is 0 Å². The van der Waals surface area contributed by atoms with Gasteiger partial charge in [-0.2, -0.15) is 0 Å². The summed E-state index contributed by atoms with van der Waals surface area (Å²) in [5.41, 5.74) is -0.102. The Balaban J connectivity index is 1.91. The number of aromatic amines is 1. The number of hydrogen-bond donors (Lipinski definition) is 2. The summed E-state index contributed by atoms with van der Waals surface area (Å²) in [7, 11) is 0. The van der Waals surface area contributed by atoms with Gasteiger partial charge in [0, 0.05) is 25.9 Å². The molecule has 1 aromatic carbocycles. The van der Waals surface area contributed by atoms with Crippen molar-refractivity contribution in [1.29, 1.82) is 0 Å². The summed E-state index contributed by atoms with van der Waals surface area (Å²) < 4.78 is 17.1. The largest absolute Gasteiger partial charge is 0.330 e. The second-order valence-corrected chi connectivity index (χ2v) is 7.85. The molecule has 0 aliphatic rings. The number of amides is 1. The lowest BCUT2D eigenvalue weighted by Crippen LogP contribution is -2.31. The lowest BCUT2D eigenvalue weighted by atomic mass is 10.2. The van der Waals surface area contributed by atoms with Crippen molar-refractivity contribution in [2.24, 2.45) is 0 Å². The lowest BCUT2D eigenvalue weighted by Gasteiger charge is -2.09. The van der Waals surface area contributed by atoms with Gasteiger partial charge in [-0.15, -0.1) is 0 Å². The fourth-order valence-corrected chi connectivity index (χ4v) is 3.69. The molecule has 0 saturated heterocycles. The maximum atomic E-state index is 13.8. The quantitative estimate of drug-likeness (QED) is 0.442. The number of H-pyrrole nitrogens is 1. The third kappa shape index (κ3) is 5.33. The van der Waals surface area contributed by atoms with Crippen LogP contribution in [0.1, 0.15) is 58.2 Å². The molecule has 0 aliphatic carbocycles. The van der Waals surface area contributed by atoms with E-state index in [9.17, 15) is 18.8 Å². The minimum atomic E-state index is -0.501. The number of imidazole rings is 1. The molecule has 2 aromatic heterocycles. The molecule has 3 rings (SSSR count). The van der Waals surface area contributed by atoms with Crippen LogP contribution in [0.25, 0.3) is 11.2 Å². The third-order valence-corrected chi connectivity index (χ3v) is 5.41. The molecular weight excluding hydrogens is 413 g/mol. The van der Waals surface area contributed by atoms with Crippen molar-refractivity contribution in [3.8, 4) is 0 Å². The van der Waals surface area contributed by atoms with E-state index in [4.69, 9.17) is 0 Å². The number of aryl methyl sites for hydroxylation is 3. The monoisotopic (exact) mass is 443 g/mol. The number of fused-ring (bicyclic) bond motifs is 1. The van der Waals surface area contributed by atoms with Crippen molar-refractivity contribution in [3.05, 3.63) is 56.7 Å². The number of halogens is 1. The van der Waals surface area contributed by atoms with Crippen molar-refractivity contribution in [1.82, 2.24) is 19.1 Å². The van der Waals surface area contributed by atoms with Crippen LogP contribution in [0.5, 0.6) is 0 Å². The van der Waals surface area contributed by atoms with E-state index in [1.807, 2.05) is 11.5 Å². The third-order valence-electron chi connectivity index (χ3n) is 5.41. The Kier molecular flexibility index (Phi) is 7.97. The van der Waals surface area contributed by atoms with Gasteiger partial charge >= 0.3 is 5.69 Å². The van der Waals surface area contributed by atoms with E-state index in [0.29, 0.717) is 30.1 Å². The zero-order valence-corrected chi connectivity index (χ0v) is 18.6. The van der Waals surface area contributed by atoms with Crippen LogP contribution in [0.4, 0.5) is 10.1 Å². The highest BCUT2D eigenvalue weighted by Gasteiger charge is 2.19. The number of hydrogen-bond acceptors (Lipinski definition) is 4. The molecule has 0 atom stereocenters. The highest BCUT2D eigenvalue weighted by atomic mass is 19.1. The first-order chi connectivity index (χ1) is 15.5. The Morgan fingerprint density at radius 2 is 1.78 bits per heavy atom. The fraction of sp³-hybridized carbons (Fsp3) is 0.478. The number of benzene rings is 1. The van der Waals surface area contributed by atoms with Crippen molar-refractivity contribution in [3.63, 3.8) is 0 Å². The molecule has 0 unspecified atom stereocenters. The summed E-state index contributed by atoms with van der Waals surface area (Å²) in [5.74, 6) is -0.278. The number of carbonyl (C=O) groups is 1. The minimum Gasteiger partial charge on any atom is -0.324 e. The Hall–Kier alpha value is -3.23. The summed E-state index contributed by atoms with van der Waals surface area (Å²) in [6, 6.07) is 5.98. The van der Waals surface area contributed by atoms with Gasteiger partial charge in [0.05, 0.1) is 5.69 Å². The summed E-state index contributed by atoms with van der Waals surface area (Å²) in [5, 5.41) is 2.57. The van der Waals surface area contributed by atoms with E-state index in [1.165, 1.54) is 16.7 Å². The number of nitrogens with zero attached hydrogens (tertiary/aromatic N) is 3. The molecule has 3 aromatic rings. The van der Waals surface area contributed by atoms with Gasteiger partial charge in [-0.3, -0.25) is 19.1 Å². The number of aromatic nitrogens is 4. The lowest BCUT2D eigenvalue weighted by molar-refractivity contribution is -0.116. The van der Waals surface area contributed by atoms with Crippen LogP contribution < -0.4 is 16.6 Å². The van der Waals surface area contributed by atoms with E-state index < -0.39 is 17.1 Å². The Labute approximate surface area is 185 Å². The predicted octanol–water partition coefficient (Wildman–Crippen LogP) is 3.59. The molecular formula is C23H30FN5O3. The van der Waals surface area contributed by atoms with E-state index in [2.05, 4.69) is 22.2 Å². The highest BCUT2D eigenvalue weighted by Crippen LogP contribution is 2.17. The molecule has 2 heterocycles. The van der Waals surface area contributed by atoms with Gasteiger partial charge in [-0.05, 0) is 25.0 Å². The molecule has 1 amide bonds. The number of rotatable bonds is 11. The van der Waals surface area contributed by atoms with Gasteiger partial charge in [0.2, 0.25) is 5.91 Å². The van der Waals surface area contributed by atoms with Crippen molar-refractivity contribution in [2.45, 2.75) is 71.9 Å². The SMILES string of the molecule is CCCCCn1c(CCC(=O)Nc2ccccc2F)nc2c1c(=O)[nH]c(=O)n2CCCC. The van der Waals surface area contributed by atoms with E-state index in [0.717, 1.165) is 32.1 Å². The average molecular weight is 444 g/mol. The van der Waals surface area contributed by atoms with Gasteiger partial charge < -0.3 is 9.88 Å². The smallest absolute Gasteiger partial charge is 0.324 e. The van der Waals surface area contributed by atoms with Crippen LogP contribution in [0.15, 0.2) is 33.9 Å². The number of unbranched alkanes of at least 4 members (excludes halogenated alkanes) is 3. The van der Waals surface area contributed by atoms with Gasteiger partial charge in [0.1, 0.15) is 11.6 Å². The van der Waals surface area contributed by atoms with E-state index in [1.54, 1.807) is 12.1 Å². The molecule has 0 bridgehead atoms. The fourth-order valence-electron chi connectivity index (χ4n) is 3.69. The summed E-state index contributed by atoms with van der Waals surface area (Å²) in [4.78, 5) is 44.5. The number of nitrogens with one attached hydrogen (secondary N) is 2. The molecule has 0 fully saturated rings. The zero-order chi connectivity index (χ0) is 23.1. The molecule has 0 saturated carbocycles. The Morgan fingerprint density at radius 3 is 2.50 bits per heavy atom. The van der Waals surface area contributed by atoms with Crippen molar-refractivity contribution in [2.75, 3.05) is 5.32 Å². The molecule has 0 aliphatic heterocycles. The molecule has 9 heteroatoms. The average Bonchev–Trinajstić information content (AvgIpc) is 3.13. The molecule has 0 spiro atoms. The van der Waals surface area contributed by atoms with Crippen molar-refractivity contribution >= 4 is 22.8 Å². The summed E-state index contributed by atoms with van der Waals surface area (Å²) in [6.45, 7) is 5.15.